The lowest BCUT2D eigenvalue weighted by molar-refractivity contribution is 0.144. The molecule has 1 aliphatic carbocycles. The minimum absolute atomic E-state index is 0.415. The predicted octanol–water partition coefficient (Wildman–Crippen LogP) is 5.62. The van der Waals surface area contributed by atoms with Crippen LogP contribution >= 0.6 is 0 Å². The predicted molar refractivity (Wildman–Crippen MR) is 92.9 cm³/mol. The Morgan fingerprint density at radius 2 is 1.62 bits per heavy atom. The maximum absolute atomic E-state index is 3.90. The van der Waals surface area contributed by atoms with Crippen molar-refractivity contribution < 1.29 is 0 Å². The summed E-state index contributed by atoms with van der Waals surface area (Å²) in [5.74, 6) is 0. The summed E-state index contributed by atoms with van der Waals surface area (Å²) in [5.41, 5.74) is 6.30. The van der Waals surface area contributed by atoms with Gasteiger partial charge in [-0.3, -0.25) is 0 Å². The van der Waals surface area contributed by atoms with Crippen LogP contribution in [0.25, 0.3) is 0 Å². The van der Waals surface area contributed by atoms with Gasteiger partial charge in [-0.05, 0) is 68.7 Å². The van der Waals surface area contributed by atoms with E-state index >= 15 is 0 Å². The van der Waals surface area contributed by atoms with Crippen LogP contribution in [0.1, 0.15) is 80.7 Å². The number of hydrogen-bond acceptors (Lipinski definition) is 1. The van der Waals surface area contributed by atoms with Crippen LogP contribution in [0.15, 0.2) is 12.1 Å². The van der Waals surface area contributed by atoms with Crippen LogP contribution < -0.4 is 5.32 Å². The van der Waals surface area contributed by atoms with Gasteiger partial charge in [-0.2, -0.15) is 0 Å². The number of hydrogen-bond donors (Lipinski definition) is 1. The van der Waals surface area contributed by atoms with Crippen molar-refractivity contribution in [2.75, 3.05) is 6.54 Å². The van der Waals surface area contributed by atoms with Gasteiger partial charge in [0.25, 0.3) is 0 Å². The minimum Gasteiger partial charge on any atom is -0.309 e. The summed E-state index contributed by atoms with van der Waals surface area (Å²) in [4.78, 5) is 0. The van der Waals surface area contributed by atoms with E-state index in [1.54, 1.807) is 5.56 Å². The highest BCUT2D eigenvalue weighted by Gasteiger charge is 2.37. The van der Waals surface area contributed by atoms with Crippen LogP contribution in [0.5, 0.6) is 0 Å². The molecule has 0 amide bonds. The highest BCUT2D eigenvalue weighted by molar-refractivity contribution is 5.40. The first-order chi connectivity index (χ1) is 9.98. The Morgan fingerprint density at radius 1 is 1.05 bits per heavy atom. The largest absolute Gasteiger partial charge is 0.309 e. The Hall–Kier alpha value is -0.820. The fourth-order valence-corrected chi connectivity index (χ4v) is 4.28. The van der Waals surface area contributed by atoms with E-state index in [2.05, 4.69) is 52.1 Å². The molecule has 1 unspecified atom stereocenters. The maximum Gasteiger partial charge on any atom is 0.0379 e. The molecule has 1 heteroatoms. The first kappa shape index (κ1) is 16.5. The summed E-state index contributed by atoms with van der Waals surface area (Å²) >= 11 is 0. The maximum atomic E-state index is 3.90. The van der Waals surface area contributed by atoms with Gasteiger partial charge < -0.3 is 5.32 Å². The first-order valence-corrected chi connectivity index (χ1v) is 8.79. The first-order valence-electron chi connectivity index (χ1n) is 8.79. The van der Waals surface area contributed by atoms with Gasteiger partial charge in [0.1, 0.15) is 0 Å². The second-order valence-electron chi connectivity index (χ2n) is 7.41. The number of benzene rings is 1. The van der Waals surface area contributed by atoms with E-state index in [1.165, 1.54) is 55.2 Å². The van der Waals surface area contributed by atoms with E-state index in [0.717, 1.165) is 6.54 Å². The molecule has 1 saturated carbocycles. The number of nitrogens with one attached hydrogen (secondary N) is 1. The van der Waals surface area contributed by atoms with Crippen molar-refractivity contribution in [3.05, 3.63) is 34.4 Å². The third kappa shape index (κ3) is 3.69. The zero-order valence-electron chi connectivity index (χ0n) is 14.7. The molecule has 0 heterocycles. The van der Waals surface area contributed by atoms with E-state index in [1.807, 2.05) is 0 Å². The molecule has 0 saturated heterocycles. The van der Waals surface area contributed by atoms with E-state index in [4.69, 9.17) is 0 Å². The van der Waals surface area contributed by atoms with Gasteiger partial charge in [-0.1, -0.05) is 50.8 Å². The third-order valence-electron chi connectivity index (χ3n) is 5.32. The lowest BCUT2D eigenvalue weighted by Crippen LogP contribution is -2.39. The Morgan fingerprint density at radius 3 is 2.14 bits per heavy atom. The topological polar surface area (TPSA) is 12.0 Å². The van der Waals surface area contributed by atoms with Gasteiger partial charge in [0.05, 0.1) is 0 Å². The normalized spacial score (nSPS) is 19.5. The van der Waals surface area contributed by atoms with Crippen LogP contribution in [0.2, 0.25) is 0 Å². The summed E-state index contributed by atoms with van der Waals surface area (Å²) in [7, 11) is 0. The van der Waals surface area contributed by atoms with Crippen molar-refractivity contribution in [1.29, 1.82) is 0 Å². The Kier molecular flexibility index (Phi) is 5.48. The fraction of sp³-hybridized carbons (Fsp3) is 0.700. The summed E-state index contributed by atoms with van der Waals surface area (Å²) in [6.07, 6.45) is 8.14. The standard InChI is InChI=1S/C20H33N/c1-6-12-21-19(20(5)10-8-7-9-11-20)18-16(3)13-15(2)14-17(18)4/h13-14,19,21H,6-12H2,1-5H3. The highest BCUT2D eigenvalue weighted by Crippen LogP contribution is 2.47. The molecule has 0 radical (unpaired) electrons. The lowest BCUT2D eigenvalue weighted by atomic mass is 9.67. The molecular weight excluding hydrogens is 254 g/mol. The molecule has 0 aliphatic heterocycles. The fourth-order valence-electron chi connectivity index (χ4n) is 4.28. The van der Waals surface area contributed by atoms with Gasteiger partial charge in [0.15, 0.2) is 0 Å². The van der Waals surface area contributed by atoms with E-state index < -0.39 is 0 Å². The van der Waals surface area contributed by atoms with Crippen molar-refractivity contribution in [3.63, 3.8) is 0 Å². The van der Waals surface area contributed by atoms with Gasteiger partial charge in [0.2, 0.25) is 0 Å². The summed E-state index contributed by atoms with van der Waals surface area (Å²) in [5, 5.41) is 3.90. The van der Waals surface area contributed by atoms with Crippen molar-refractivity contribution >= 4 is 0 Å². The molecule has 1 aromatic carbocycles. The van der Waals surface area contributed by atoms with Crippen LogP contribution in [-0.4, -0.2) is 6.54 Å². The molecule has 0 bridgehead atoms. The molecule has 21 heavy (non-hydrogen) atoms. The Balaban J connectivity index is 2.40. The molecule has 1 aliphatic rings. The van der Waals surface area contributed by atoms with Crippen LogP contribution in [-0.2, 0) is 0 Å². The Bertz CT molecular complexity index is 446. The molecule has 1 fully saturated rings. The Labute approximate surface area is 131 Å². The van der Waals surface area contributed by atoms with E-state index in [-0.39, 0.29) is 0 Å². The third-order valence-corrected chi connectivity index (χ3v) is 5.32. The molecule has 1 nitrogen and oxygen atoms in total. The molecule has 0 spiro atoms. The van der Waals surface area contributed by atoms with Crippen LogP contribution in [0, 0.1) is 26.2 Å². The van der Waals surface area contributed by atoms with Crippen LogP contribution in [0.3, 0.4) is 0 Å². The van der Waals surface area contributed by atoms with Crippen molar-refractivity contribution in [2.24, 2.45) is 5.41 Å². The van der Waals surface area contributed by atoms with E-state index in [9.17, 15) is 0 Å². The zero-order valence-corrected chi connectivity index (χ0v) is 14.7. The molecular formula is C20H33N. The SMILES string of the molecule is CCCNC(c1c(C)cc(C)cc1C)C1(C)CCCCC1. The quantitative estimate of drug-likeness (QED) is 0.740. The summed E-state index contributed by atoms with van der Waals surface area (Å²) < 4.78 is 0. The molecule has 0 aromatic heterocycles. The monoisotopic (exact) mass is 287 g/mol. The average molecular weight is 287 g/mol. The lowest BCUT2D eigenvalue weighted by Gasteiger charge is -2.43. The van der Waals surface area contributed by atoms with Crippen molar-refractivity contribution in [3.8, 4) is 0 Å². The molecule has 1 N–H and O–H groups in total. The molecule has 2 rings (SSSR count). The number of rotatable bonds is 5. The van der Waals surface area contributed by atoms with Crippen LogP contribution in [0.4, 0.5) is 0 Å². The smallest absolute Gasteiger partial charge is 0.0379 e. The van der Waals surface area contributed by atoms with Gasteiger partial charge in [-0.15, -0.1) is 0 Å². The van der Waals surface area contributed by atoms with Gasteiger partial charge in [-0.25, -0.2) is 0 Å². The van der Waals surface area contributed by atoms with Gasteiger partial charge >= 0.3 is 0 Å². The minimum atomic E-state index is 0.415. The average Bonchev–Trinajstić information content (AvgIpc) is 2.42. The highest BCUT2D eigenvalue weighted by atomic mass is 14.9. The van der Waals surface area contributed by atoms with E-state index in [0.29, 0.717) is 11.5 Å². The molecule has 1 aromatic rings. The molecule has 118 valence electrons. The second kappa shape index (κ2) is 6.96. The van der Waals surface area contributed by atoms with Crippen molar-refractivity contribution in [1.82, 2.24) is 5.32 Å². The second-order valence-corrected chi connectivity index (χ2v) is 7.41. The zero-order chi connectivity index (χ0) is 15.5. The molecule has 1 atom stereocenters. The van der Waals surface area contributed by atoms with Gasteiger partial charge in [0, 0.05) is 6.04 Å². The summed E-state index contributed by atoms with van der Waals surface area (Å²) in [6.45, 7) is 12.7. The summed E-state index contributed by atoms with van der Waals surface area (Å²) in [6, 6.07) is 5.22. The number of aryl methyl sites for hydroxylation is 3. The van der Waals surface area contributed by atoms with Crippen molar-refractivity contribution in [2.45, 2.75) is 79.2 Å².